The minimum absolute atomic E-state index is 0.0761. The van der Waals surface area contributed by atoms with E-state index in [0.717, 1.165) is 70.6 Å². The summed E-state index contributed by atoms with van der Waals surface area (Å²) in [5.74, 6) is -0.477. The van der Waals surface area contributed by atoms with Crippen molar-refractivity contribution in [2.24, 2.45) is 0 Å². The van der Waals surface area contributed by atoms with Crippen LogP contribution in [0.2, 0.25) is 0 Å². The summed E-state index contributed by atoms with van der Waals surface area (Å²) >= 11 is 0. The lowest BCUT2D eigenvalue weighted by atomic mass is 10.0. The maximum Gasteiger partial charge on any atom is 0.306 e. The quantitative estimate of drug-likeness (QED) is 0.0322. The molecule has 0 aliphatic heterocycles. The van der Waals surface area contributed by atoms with Crippen LogP contribution >= 0.6 is 0 Å². The van der Waals surface area contributed by atoms with E-state index in [1.165, 1.54) is 161 Å². The van der Waals surface area contributed by atoms with Crippen LogP contribution in [0.3, 0.4) is 0 Å². The molecule has 0 saturated heterocycles. The molecule has 358 valence electrons. The van der Waals surface area contributed by atoms with Crippen LogP contribution in [0, 0.1) is 0 Å². The highest BCUT2D eigenvalue weighted by Gasteiger charge is 2.24. The van der Waals surface area contributed by atoms with E-state index in [1.807, 2.05) is 0 Å². The Morgan fingerprint density at radius 3 is 1.34 bits per heavy atom. The highest BCUT2D eigenvalue weighted by atomic mass is 16.5. The number of amides is 1. The van der Waals surface area contributed by atoms with Gasteiger partial charge in [0, 0.05) is 6.42 Å². The predicted molar refractivity (Wildman–Crippen MR) is 264 cm³/mol. The summed E-state index contributed by atoms with van der Waals surface area (Å²) in [6.45, 7) is 6.39. The largest absolute Gasteiger partial charge is 0.462 e. The zero-order valence-electron chi connectivity index (χ0n) is 40.8. The Morgan fingerprint density at radius 2 is 0.885 bits per heavy atom. The Bertz CT molecular complexity index is 1010. The van der Waals surface area contributed by atoms with Gasteiger partial charge in [0.25, 0.3) is 0 Å². The number of carbonyl (C=O) groups excluding carboxylic acids is 2. The molecule has 0 aromatic carbocycles. The maximum absolute atomic E-state index is 13.2. The van der Waals surface area contributed by atoms with Crippen LogP contribution in [0.4, 0.5) is 0 Å². The maximum atomic E-state index is 13.2. The van der Waals surface area contributed by atoms with Crippen LogP contribution in [0.1, 0.15) is 278 Å². The van der Waals surface area contributed by atoms with Crippen molar-refractivity contribution in [3.63, 3.8) is 0 Å². The molecule has 0 aromatic rings. The van der Waals surface area contributed by atoms with Gasteiger partial charge in [0.1, 0.15) is 6.10 Å². The number of rotatable bonds is 48. The van der Waals surface area contributed by atoms with Crippen molar-refractivity contribution in [1.29, 1.82) is 0 Å². The van der Waals surface area contributed by atoms with Gasteiger partial charge in [0.15, 0.2) is 0 Å². The lowest BCUT2D eigenvalue weighted by Gasteiger charge is -2.24. The minimum atomic E-state index is -0.787. The molecule has 0 spiro atoms. The molecule has 0 fully saturated rings. The second-order valence-electron chi connectivity index (χ2n) is 18.3. The third-order valence-electron chi connectivity index (χ3n) is 12.2. The van der Waals surface area contributed by atoms with E-state index >= 15 is 0 Å². The molecule has 0 aliphatic rings. The molecule has 0 saturated carbocycles. The van der Waals surface area contributed by atoms with E-state index < -0.39 is 18.2 Å². The van der Waals surface area contributed by atoms with Gasteiger partial charge in [0.2, 0.25) is 5.91 Å². The smallest absolute Gasteiger partial charge is 0.306 e. The summed E-state index contributed by atoms with van der Waals surface area (Å²) < 4.78 is 5.93. The zero-order valence-corrected chi connectivity index (χ0v) is 40.8. The average Bonchev–Trinajstić information content (AvgIpc) is 3.25. The molecule has 3 N–H and O–H groups in total. The van der Waals surface area contributed by atoms with Gasteiger partial charge < -0.3 is 20.3 Å². The predicted octanol–water partition coefficient (Wildman–Crippen LogP) is 16.1. The molecule has 0 heterocycles. The van der Waals surface area contributed by atoms with Crippen LogP contribution in [-0.4, -0.2) is 46.9 Å². The standard InChI is InChI=1S/C55H103NO5/c1-4-7-10-13-16-19-22-24-26-28-30-33-36-39-42-45-48-55(60)61-51(46-43-40-37-34-31-21-18-15-12-9-6-3)49-54(59)56-52(50-57)53(58)47-44-41-38-35-32-29-27-25-23-20-17-14-11-8-5-2/h7,10,16,19,24,26,51-53,57-58H,4-6,8-9,11-15,17-18,20-23,25,27-50H2,1-3H3,(H,56,59)/b10-7+,19-16+,26-24+. The van der Waals surface area contributed by atoms with Crippen LogP contribution in [0.15, 0.2) is 36.5 Å². The first-order valence-electron chi connectivity index (χ1n) is 26.7. The normalized spacial score (nSPS) is 13.5. The summed E-state index contributed by atoms with van der Waals surface area (Å²) in [7, 11) is 0. The molecule has 0 aromatic heterocycles. The number of nitrogens with one attached hydrogen (secondary N) is 1. The highest BCUT2D eigenvalue weighted by Crippen LogP contribution is 2.18. The molecule has 3 atom stereocenters. The fourth-order valence-corrected chi connectivity index (χ4v) is 8.21. The van der Waals surface area contributed by atoms with E-state index in [2.05, 4.69) is 62.5 Å². The number of esters is 1. The number of hydrogen-bond donors (Lipinski definition) is 3. The van der Waals surface area contributed by atoms with E-state index in [1.54, 1.807) is 0 Å². The summed E-state index contributed by atoms with van der Waals surface area (Å²) in [5, 5.41) is 23.8. The Hall–Kier alpha value is -1.92. The Kier molecular flexibility index (Phi) is 47.6. The van der Waals surface area contributed by atoms with Crippen LogP contribution in [0.25, 0.3) is 0 Å². The molecular formula is C55H103NO5. The molecule has 3 unspecified atom stereocenters. The second-order valence-corrected chi connectivity index (χ2v) is 18.3. The average molecular weight is 858 g/mol. The summed E-state index contributed by atoms with van der Waals surface area (Å²) in [6, 6.07) is -0.700. The van der Waals surface area contributed by atoms with Gasteiger partial charge in [-0.15, -0.1) is 0 Å². The SMILES string of the molecule is CC/C=C/C/C=C/C/C=C/CCCCCCCCC(=O)OC(CCCCCCCCCCCCC)CC(=O)NC(CO)C(O)CCCCCCCCCCCCCCCCC. The van der Waals surface area contributed by atoms with Crippen molar-refractivity contribution < 1.29 is 24.5 Å². The summed E-state index contributed by atoms with van der Waals surface area (Å²) in [6.07, 6.45) is 57.7. The van der Waals surface area contributed by atoms with Crippen molar-refractivity contribution in [1.82, 2.24) is 5.32 Å². The van der Waals surface area contributed by atoms with E-state index in [9.17, 15) is 19.8 Å². The molecule has 61 heavy (non-hydrogen) atoms. The fourth-order valence-electron chi connectivity index (χ4n) is 8.21. The second kappa shape index (κ2) is 49.1. The first-order valence-corrected chi connectivity index (χ1v) is 26.7. The Morgan fingerprint density at radius 1 is 0.492 bits per heavy atom. The number of ether oxygens (including phenoxy) is 1. The Labute approximate surface area is 379 Å². The topological polar surface area (TPSA) is 95.9 Å². The van der Waals surface area contributed by atoms with Gasteiger partial charge in [-0.3, -0.25) is 9.59 Å². The first kappa shape index (κ1) is 59.1. The molecular weight excluding hydrogens is 755 g/mol. The molecule has 6 heteroatoms. The van der Waals surface area contributed by atoms with Gasteiger partial charge in [-0.2, -0.15) is 0 Å². The first-order chi connectivity index (χ1) is 30.0. The van der Waals surface area contributed by atoms with E-state index in [0.29, 0.717) is 19.3 Å². The molecule has 0 rings (SSSR count). The zero-order chi connectivity index (χ0) is 44.5. The van der Waals surface area contributed by atoms with Crippen molar-refractivity contribution in [3.05, 3.63) is 36.5 Å². The Balaban J connectivity index is 4.50. The molecule has 0 aliphatic carbocycles. The van der Waals surface area contributed by atoms with Gasteiger partial charge in [-0.05, 0) is 57.8 Å². The number of unbranched alkanes of at least 4 members (excludes halogenated alkanes) is 30. The van der Waals surface area contributed by atoms with E-state index in [4.69, 9.17) is 4.74 Å². The van der Waals surface area contributed by atoms with Crippen molar-refractivity contribution >= 4 is 11.9 Å². The van der Waals surface area contributed by atoms with Gasteiger partial charge in [-0.1, -0.05) is 243 Å². The number of hydrogen-bond acceptors (Lipinski definition) is 5. The molecule has 0 radical (unpaired) electrons. The van der Waals surface area contributed by atoms with Crippen LogP contribution in [-0.2, 0) is 14.3 Å². The lowest BCUT2D eigenvalue weighted by molar-refractivity contribution is -0.151. The van der Waals surface area contributed by atoms with Gasteiger partial charge in [-0.25, -0.2) is 0 Å². The monoisotopic (exact) mass is 858 g/mol. The van der Waals surface area contributed by atoms with Crippen molar-refractivity contribution in [3.8, 4) is 0 Å². The van der Waals surface area contributed by atoms with Crippen LogP contribution in [0.5, 0.6) is 0 Å². The van der Waals surface area contributed by atoms with Crippen molar-refractivity contribution in [2.75, 3.05) is 6.61 Å². The van der Waals surface area contributed by atoms with Crippen LogP contribution < -0.4 is 5.32 Å². The molecule has 0 bridgehead atoms. The number of aliphatic hydroxyl groups is 2. The fraction of sp³-hybridized carbons (Fsp3) is 0.855. The minimum Gasteiger partial charge on any atom is -0.462 e. The summed E-state index contributed by atoms with van der Waals surface area (Å²) in [5.41, 5.74) is 0. The molecule has 1 amide bonds. The van der Waals surface area contributed by atoms with E-state index in [-0.39, 0.29) is 24.9 Å². The van der Waals surface area contributed by atoms with Gasteiger partial charge in [0.05, 0.1) is 25.2 Å². The number of aliphatic hydroxyl groups excluding tert-OH is 2. The highest BCUT2D eigenvalue weighted by molar-refractivity contribution is 5.77. The van der Waals surface area contributed by atoms with Gasteiger partial charge >= 0.3 is 5.97 Å². The third-order valence-corrected chi connectivity index (χ3v) is 12.2. The van der Waals surface area contributed by atoms with Crippen molar-refractivity contribution in [2.45, 2.75) is 296 Å². The molecule has 6 nitrogen and oxygen atoms in total. The summed E-state index contributed by atoms with van der Waals surface area (Å²) in [4.78, 5) is 26.1. The lowest BCUT2D eigenvalue weighted by Crippen LogP contribution is -2.46. The number of carbonyl (C=O) groups is 2. The third kappa shape index (κ3) is 44.5. The number of allylic oxidation sites excluding steroid dienone is 6.